The summed E-state index contributed by atoms with van der Waals surface area (Å²) >= 11 is 0. The minimum Gasteiger partial charge on any atom is -0.354 e. The van der Waals surface area contributed by atoms with Crippen molar-refractivity contribution in [2.75, 3.05) is 11.4 Å². The summed E-state index contributed by atoms with van der Waals surface area (Å²) in [6.45, 7) is 7.53. The number of nitrogens with zero attached hydrogens (tertiary/aromatic N) is 3. The third-order valence-corrected chi connectivity index (χ3v) is 4.08. The minimum atomic E-state index is 0.395. The molecule has 1 aromatic rings. The van der Waals surface area contributed by atoms with Crippen molar-refractivity contribution in [3.8, 4) is 0 Å². The first kappa shape index (κ1) is 14.3. The Kier molecular flexibility index (Phi) is 4.75. The van der Waals surface area contributed by atoms with Crippen LogP contribution in [0.3, 0.4) is 0 Å². The lowest BCUT2D eigenvalue weighted by atomic mass is 9.90. The third-order valence-electron chi connectivity index (χ3n) is 4.08. The van der Waals surface area contributed by atoms with Crippen LogP contribution in [0.25, 0.3) is 0 Å². The van der Waals surface area contributed by atoms with Gasteiger partial charge in [0.15, 0.2) is 0 Å². The van der Waals surface area contributed by atoms with Crippen LogP contribution in [0, 0.1) is 0 Å². The van der Waals surface area contributed by atoms with Crippen LogP contribution in [-0.2, 0) is 0 Å². The molecular formula is C15H26N4. The second-order valence-electron chi connectivity index (χ2n) is 5.81. The number of anilines is 1. The number of hydrogen-bond donors (Lipinski definition) is 1. The fourth-order valence-corrected chi connectivity index (χ4v) is 2.85. The fourth-order valence-electron chi connectivity index (χ4n) is 2.85. The summed E-state index contributed by atoms with van der Waals surface area (Å²) in [5.41, 5.74) is 7.12. The summed E-state index contributed by atoms with van der Waals surface area (Å²) in [5.74, 6) is 1.52. The summed E-state index contributed by atoms with van der Waals surface area (Å²) in [4.78, 5) is 11.2. The zero-order valence-corrected chi connectivity index (χ0v) is 12.3. The molecule has 1 fully saturated rings. The van der Waals surface area contributed by atoms with Crippen LogP contribution >= 0.6 is 0 Å². The molecule has 0 atom stereocenters. The Bertz CT molecular complexity index is 397. The number of aromatic nitrogens is 2. The van der Waals surface area contributed by atoms with Crippen LogP contribution in [0.2, 0.25) is 0 Å². The summed E-state index contributed by atoms with van der Waals surface area (Å²) in [6.07, 6.45) is 6.31. The molecule has 0 aliphatic heterocycles. The van der Waals surface area contributed by atoms with Gasteiger partial charge in [0.1, 0.15) is 12.1 Å². The molecule has 2 N–H and O–H groups in total. The highest BCUT2D eigenvalue weighted by molar-refractivity contribution is 5.40. The van der Waals surface area contributed by atoms with Crippen LogP contribution in [0.15, 0.2) is 12.4 Å². The highest BCUT2D eigenvalue weighted by Crippen LogP contribution is 2.26. The predicted molar refractivity (Wildman–Crippen MR) is 79.4 cm³/mol. The van der Waals surface area contributed by atoms with Gasteiger partial charge < -0.3 is 10.6 Å². The van der Waals surface area contributed by atoms with E-state index in [2.05, 4.69) is 41.7 Å². The zero-order valence-electron chi connectivity index (χ0n) is 12.3. The summed E-state index contributed by atoms with van der Waals surface area (Å²) in [7, 11) is 0. The first-order valence-electron chi connectivity index (χ1n) is 7.46. The average Bonchev–Trinajstić information content (AvgIpc) is 2.42. The van der Waals surface area contributed by atoms with Crippen molar-refractivity contribution in [3.63, 3.8) is 0 Å². The number of rotatable bonds is 4. The van der Waals surface area contributed by atoms with Gasteiger partial charge in [-0.25, -0.2) is 9.97 Å². The Morgan fingerprint density at radius 3 is 2.53 bits per heavy atom. The molecular weight excluding hydrogens is 236 g/mol. The highest BCUT2D eigenvalue weighted by atomic mass is 15.2. The van der Waals surface area contributed by atoms with Gasteiger partial charge >= 0.3 is 0 Å². The van der Waals surface area contributed by atoms with E-state index in [1.54, 1.807) is 6.33 Å². The van der Waals surface area contributed by atoms with E-state index >= 15 is 0 Å². The lowest BCUT2D eigenvalue weighted by molar-refractivity contribution is 0.376. The Morgan fingerprint density at radius 1 is 1.26 bits per heavy atom. The maximum Gasteiger partial charge on any atom is 0.132 e. The molecule has 19 heavy (non-hydrogen) atoms. The van der Waals surface area contributed by atoms with Gasteiger partial charge in [-0.3, -0.25) is 0 Å². The smallest absolute Gasteiger partial charge is 0.132 e. The van der Waals surface area contributed by atoms with Crippen molar-refractivity contribution in [1.29, 1.82) is 0 Å². The molecule has 2 rings (SSSR count). The molecule has 106 valence electrons. The Balaban J connectivity index is 2.15. The number of nitrogens with two attached hydrogens (primary N) is 1. The molecule has 1 saturated carbocycles. The van der Waals surface area contributed by atoms with Gasteiger partial charge in [-0.1, -0.05) is 13.8 Å². The van der Waals surface area contributed by atoms with E-state index in [0.29, 0.717) is 18.0 Å². The summed E-state index contributed by atoms with van der Waals surface area (Å²) < 4.78 is 0. The number of hydrogen-bond acceptors (Lipinski definition) is 4. The van der Waals surface area contributed by atoms with Crippen molar-refractivity contribution in [1.82, 2.24) is 9.97 Å². The van der Waals surface area contributed by atoms with Gasteiger partial charge in [0, 0.05) is 30.4 Å². The molecule has 0 bridgehead atoms. The van der Waals surface area contributed by atoms with Gasteiger partial charge in [0.2, 0.25) is 0 Å². The van der Waals surface area contributed by atoms with Crippen molar-refractivity contribution in [2.24, 2.45) is 5.73 Å². The van der Waals surface area contributed by atoms with Crippen LogP contribution < -0.4 is 10.6 Å². The summed E-state index contributed by atoms with van der Waals surface area (Å²) in [6, 6.07) is 3.12. The first-order valence-corrected chi connectivity index (χ1v) is 7.46. The van der Waals surface area contributed by atoms with E-state index in [9.17, 15) is 0 Å². The van der Waals surface area contributed by atoms with E-state index in [4.69, 9.17) is 5.73 Å². The topological polar surface area (TPSA) is 55.0 Å². The largest absolute Gasteiger partial charge is 0.354 e. The minimum absolute atomic E-state index is 0.395. The average molecular weight is 262 g/mol. The fraction of sp³-hybridized carbons (Fsp3) is 0.733. The SMILES string of the molecule is CCN(c1cc(C(C)C)ncn1)C1CCC(N)CC1. The van der Waals surface area contributed by atoms with Gasteiger partial charge in [-0.2, -0.15) is 0 Å². The maximum absolute atomic E-state index is 6.00. The van der Waals surface area contributed by atoms with Crippen molar-refractivity contribution in [3.05, 3.63) is 18.1 Å². The molecule has 0 saturated heterocycles. The van der Waals surface area contributed by atoms with Crippen molar-refractivity contribution in [2.45, 2.75) is 64.5 Å². The van der Waals surface area contributed by atoms with Crippen LogP contribution in [0.4, 0.5) is 5.82 Å². The molecule has 1 aromatic heterocycles. The van der Waals surface area contributed by atoms with E-state index in [-0.39, 0.29) is 0 Å². The molecule has 4 heteroatoms. The molecule has 0 spiro atoms. The van der Waals surface area contributed by atoms with E-state index < -0.39 is 0 Å². The molecule has 0 aromatic carbocycles. The quantitative estimate of drug-likeness (QED) is 0.906. The first-order chi connectivity index (χ1) is 9.11. The molecule has 1 heterocycles. The standard InChI is InChI=1S/C15H26N4/c1-4-19(13-7-5-12(16)6-8-13)15-9-14(11(2)3)17-10-18-15/h9-13H,4-8,16H2,1-3H3. The summed E-state index contributed by atoms with van der Waals surface area (Å²) in [5, 5.41) is 0. The molecule has 0 unspecified atom stereocenters. The zero-order chi connectivity index (χ0) is 13.8. The highest BCUT2D eigenvalue weighted by Gasteiger charge is 2.24. The molecule has 1 aliphatic carbocycles. The van der Waals surface area contributed by atoms with E-state index in [1.165, 1.54) is 12.8 Å². The van der Waals surface area contributed by atoms with Crippen molar-refractivity contribution < 1.29 is 0 Å². The third kappa shape index (κ3) is 3.44. The monoisotopic (exact) mass is 262 g/mol. The van der Waals surface area contributed by atoms with Crippen LogP contribution in [0.1, 0.15) is 58.1 Å². The lowest BCUT2D eigenvalue weighted by Crippen LogP contribution is -2.41. The Labute approximate surface area is 116 Å². The Morgan fingerprint density at radius 2 is 1.95 bits per heavy atom. The van der Waals surface area contributed by atoms with E-state index in [0.717, 1.165) is 30.9 Å². The van der Waals surface area contributed by atoms with Gasteiger partial charge in [0.05, 0.1) is 0 Å². The molecule has 1 aliphatic rings. The maximum atomic E-state index is 6.00. The molecule has 4 nitrogen and oxygen atoms in total. The van der Waals surface area contributed by atoms with Crippen LogP contribution in [0.5, 0.6) is 0 Å². The van der Waals surface area contributed by atoms with Gasteiger partial charge in [-0.05, 0) is 38.5 Å². The lowest BCUT2D eigenvalue weighted by Gasteiger charge is -2.36. The molecule has 0 radical (unpaired) electrons. The van der Waals surface area contributed by atoms with E-state index in [1.807, 2.05) is 0 Å². The van der Waals surface area contributed by atoms with Crippen molar-refractivity contribution >= 4 is 5.82 Å². The predicted octanol–water partition coefficient (Wildman–Crippen LogP) is 2.70. The van der Waals surface area contributed by atoms with Crippen LogP contribution in [-0.4, -0.2) is 28.6 Å². The normalized spacial score (nSPS) is 23.6. The second kappa shape index (κ2) is 6.33. The molecule has 0 amide bonds. The Hall–Kier alpha value is -1.16. The van der Waals surface area contributed by atoms with Gasteiger partial charge in [0.25, 0.3) is 0 Å². The second-order valence-corrected chi connectivity index (χ2v) is 5.81. The van der Waals surface area contributed by atoms with Gasteiger partial charge in [-0.15, -0.1) is 0 Å².